The van der Waals surface area contributed by atoms with Gasteiger partial charge in [-0.3, -0.25) is 30.0 Å². The summed E-state index contributed by atoms with van der Waals surface area (Å²) in [7, 11) is 0. The maximum atomic E-state index is 14.4. The van der Waals surface area contributed by atoms with Crippen LogP contribution in [0.3, 0.4) is 0 Å². The summed E-state index contributed by atoms with van der Waals surface area (Å²) in [5.41, 5.74) is 28.5. The van der Waals surface area contributed by atoms with Crippen molar-refractivity contribution >= 4 is 81.8 Å². The van der Waals surface area contributed by atoms with Crippen LogP contribution in [-0.2, 0) is 21.9 Å². The van der Waals surface area contributed by atoms with Gasteiger partial charge in [0.2, 0.25) is 11.8 Å². The number of benzene rings is 3. The van der Waals surface area contributed by atoms with Crippen molar-refractivity contribution < 1.29 is 55.0 Å². The van der Waals surface area contributed by atoms with Gasteiger partial charge in [-0.05, 0) is 56.0 Å². The van der Waals surface area contributed by atoms with Crippen LogP contribution >= 0.6 is 23.5 Å². The first kappa shape index (κ1) is 58.1. The van der Waals surface area contributed by atoms with Gasteiger partial charge in [-0.2, -0.15) is 26.3 Å². The van der Waals surface area contributed by atoms with Gasteiger partial charge in [0.1, 0.15) is 24.7 Å². The van der Waals surface area contributed by atoms with Gasteiger partial charge in [-0.15, -0.1) is 23.5 Å². The quantitative estimate of drug-likeness (QED) is 0.0159. The molecule has 0 saturated carbocycles. The van der Waals surface area contributed by atoms with Gasteiger partial charge in [-0.25, -0.2) is 0 Å². The summed E-state index contributed by atoms with van der Waals surface area (Å²) >= 11 is 1.85. The van der Waals surface area contributed by atoms with Crippen molar-refractivity contribution in [3.05, 3.63) is 58.7 Å². The first-order valence-corrected chi connectivity index (χ1v) is 23.5. The van der Waals surface area contributed by atoms with E-state index in [1.54, 1.807) is 0 Å². The predicted molar refractivity (Wildman–Crippen MR) is 259 cm³/mol. The Hall–Kier alpha value is -6.20. The second kappa shape index (κ2) is 28.5. The number of hydrogen-bond acceptors (Lipinski definition) is 14. The van der Waals surface area contributed by atoms with Crippen molar-refractivity contribution in [2.75, 3.05) is 85.3 Å². The molecule has 0 aliphatic heterocycles. The van der Waals surface area contributed by atoms with E-state index in [2.05, 4.69) is 31.9 Å². The zero-order valence-electron chi connectivity index (χ0n) is 37.8. The molecule has 0 bridgehead atoms. The summed E-state index contributed by atoms with van der Waals surface area (Å²) in [5.74, 6) is -4.48. The first-order valence-electron chi connectivity index (χ1n) is 21.5. The molecule has 386 valence electrons. The lowest BCUT2D eigenvalue weighted by Gasteiger charge is -2.21. The molecule has 0 unspecified atom stereocenters. The van der Waals surface area contributed by atoms with E-state index in [9.17, 15) is 45.5 Å². The highest BCUT2D eigenvalue weighted by Crippen LogP contribution is 2.44. The van der Waals surface area contributed by atoms with Crippen LogP contribution in [0.15, 0.2) is 46.2 Å². The molecule has 0 aliphatic rings. The zero-order chi connectivity index (χ0) is 52.0. The number of thioether (sulfide) groups is 2. The molecule has 0 radical (unpaired) electrons. The van der Waals surface area contributed by atoms with Crippen molar-refractivity contribution in [3.8, 4) is 11.5 Å². The van der Waals surface area contributed by atoms with E-state index in [4.69, 9.17) is 54.7 Å². The molecule has 20 nitrogen and oxygen atoms in total. The van der Waals surface area contributed by atoms with E-state index in [1.165, 1.54) is 0 Å². The Bertz CT molecular complexity index is 2160. The molecular weight excluding hydrogens is 975 g/mol. The number of halogens is 6. The number of ether oxygens (including phenoxy) is 2. The molecule has 3 aromatic rings. The largest absolute Gasteiger partial charge is 0.491 e. The number of rotatable bonds is 28. The van der Waals surface area contributed by atoms with Crippen molar-refractivity contribution in [2.45, 2.75) is 60.7 Å². The van der Waals surface area contributed by atoms with Gasteiger partial charge in [-0.1, -0.05) is 0 Å². The number of carbonyl (C=O) groups excluding carboxylic acids is 4. The number of hydrogen-bond donors (Lipinski definition) is 14. The minimum Gasteiger partial charge on any atom is -0.491 e. The molecule has 0 saturated heterocycles. The maximum absolute atomic E-state index is 14.4. The van der Waals surface area contributed by atoms with E-state index in [0.29, 0.717) is 37.1 Å². The van der Waals surface area contributed by atoms with Gasteiger partial charge >= 0.3 is 12.4 Å². The molecule has 0 heterocycles. The van der Waals surface area contributed by atoms with Gasteiger partial charge in [0.25, 0.3) is 11.8 Å². The average Bonchev–Trinajstić information content (AvgIpc) is 3.28. The average molecular weight is 1030 g/mol. The third-order valence-electron chi connectivity index (χ3n) is 9.22. The smallest absolute Gasteiger partial charge is 0.416 e. The van der Waals surface area contributed by atoms with Gasteiger partial charge in [0.05, 0.1) is 54.8 Å². The highest BCUT2D eigenvalue weighted by molar-refractivity contribution is 7.99. The van der Waals surface area contributed by atoms with Crippen molar-refractivity contribution in [1.29, 1.82) is 10.8 Å². The van der Waals surface area contributed by atoms with Crippen molar-refractivity contribution in [1.82, 2.24) is 10.6 Å². The second-order valence-corrected chi connectivity index (χ2v) is 17.0. The Labute approximate surface area is 407 Å². The molecule has 0 aromatic heterocycles. The van der Waals surface area contributed by atoms with E-state index < -0.39 is 69.6 Å². The SMILES string of the molecule is N=C(N)NCCCCC(=O)Nc1cc(C(F)(F)F)cc(NC(=O)c2cc(C(=O)Nc3cc(C(F)(F)F)cc(NC(=O)CCCCNC(=N)N)c3SCCN)c(OCCN)cc2OCCN)c1SCCN. The van der Waals surface area contributed by atoms with Crippen LogP contribution in [0.5, 0.6) is 11.5 Å². The van der Waals surface area contributed by atoms with Crippen molar-refractivity contribution in [3.63, 3.8) is 0 Å². The molecular formula is C42H58F6N14O6S2. The fraction of sp³-hybridized carbons (Fsp3) is 0.429. The minimum absolute atomic E-state index is 0.0105. The lowest BCUT2D eigenvalue weighted by atomic mass is 10.1. The Morgan fingerprint density at radius 1 is 0.529 bits per heavy atom. The Balaban J connectivity index is 2.19. The summed E-state index contributed by atoms with van der Waals surface area (Å²) in [6.45, 7) is -0.0371. The molecule has 3 aromatic carbocycles. The van der Waals surface area contributed by atoms with Crippen molar-refractivity contribution in [2.24, 2.45) is 34.4 Å². The number of guanidine groups is 2. The number of amides is 4. The predicted octanol–water partition coefficient (Wildman–Crippen LogP) is 4.19. The van der Waals surface area contributed by atoms with Gasteiger partial charge in [0, 0.05) is 69.7 Å². The fourth-order valence-electron chi connectivity index (χ4n) is 6.15. The standard InChI is InChI=1S/C42H58F6N14O6S2/c43-41(44,45)23-17-27(59-33(63)5-1-3-11-57-39(53)54)35(69-15-9-51)29(19-23)61-37(65)25-21-26(32(68-14-8-50)22-31(25)67-13-7-49)38(66)62-30-20-24(42(46,47)48)18-28(36(30)70-16-10-52)60-34(64)6-2-4-12-58-40(55)56/h17-22H,1-16,49-52H2,(H,59,63)(H,60,64)(H,61,65)(H,62,66)(H4,53,54,57)(H4,55,56,58). The molecule has 28 heteroatoms. The zero-order valence-corrected chi connectivity index (χ0v) is 39.4. The Morgan fingerprint density at radius 2 is 0.886 bits per heavy atom. The Kier molecular flexibility index (Phi) is 23.6. The molecule has 0 aliphatic carbocycles. The summed E-state index contributed by atoms with van der Waals surface area (Å²) in [5, 5.41) is 29.5. The van der Waals surface area contributed by atoms with E-state index in [1.807, 2.05) is 0 Å². The highest BCUT2D eigenvalue weighted by Gasteiger charge is 2.35. The lowest BCUT2D eigenvalue weighted by molar-refractivity contribution is -0.138. The second-order valence-electron chi connectivity index (χ2n) is 14.8. The number of nitrogens with one attached hydrogen (secondary N) is 8. The van der Waals surface area contributed by atoms with Crippen LogP contribution in [0.4, 0.5) is 49.1 Å². The number of carbonyl (C=O) groups is 4. The maximum Gasteiger partial charge on any atom is 0.416 e. The highest BCUT2D eigenvalue weighted by atomic mass is 32.2. The van der Waals surface area contributed by atoms with Crippen LogP contribution in [0.1, 0.15) is 70.4 Å². The normalized spacial score (nSPS) is 11.3. The van der Waals surface area contributed by atoms with E-state index >= 15 is 0 Å². The minimum atomic E-state index is -4.99. The number of alkyl halides is 6. The molecule has 3 rings (SSSR count). The van der Waals surface area contributed by atoms with Crippen LogP contribution in [0, 0.1) is 10.8 Å². The molecule has 20 N–H and O–H groups in total. The summed E-state index contributed by atoms with van der Waals surface area (Å²) in [4.78, 5) is 54.9. The molecule has 4 amide bonds. The fourth-order valence-corrected chi connectivity index (χ4v) is 7.86. The van der Waals surface area contributed by atoms with E-state index in [0.717, 1.165) is 35.7 Å². The molecule has 0 spiro atoms. The van der Waals surface area contributed by atoms with Crippen LogP contribution in [-0.4, -0.2) is 99.5 Å². The number of nitrogens with two attached hydrogens (primary N) is 6. The molecule has 0 fully saturated rings. The van der Waals surface area contributed by atoms with Crippen LogP contribution in [0.25, 0.3) is 0 Å². The number of anilines is 4. The summed E-state index contributed by atoms with van der Waals surface area (Å²) < 4.78 is 98.1. The molecule has 70 heavy (non-hydrogen) atoms. The molecule has 0 atom stereocenters. The monoisotopic (exact) mass is 1030 g/mol. The topological polar surface area (TPSA) is 363 Å². The van der Waals surface area contributed by atoms with Crippen LogP contribution < -0.4 is 75.8 Å². The first-order chi connectivity index (χ1) is 33.1. The van der Waals surface area contributed by atoms with Crippen LogP contribution in [0.2, 0.25) is 0 Å². The van der Waals surface area contributed by atoms with E-state index in [-0.39, 0.29) is 134 Å². The Morgan fingerprint density at radius 3 is 1.20 bits per heavy atom. The summed E-state index contributed by atoms with van der Waals surface area (Å²) in [6.07, 6.45) is -8.89. The summed E-state index contributed by atoms with van der Waals surface area (Å²) in [6, 6.07) is 4.75. The van der Waals surface area contributed by atoms with Gasteiger partial charge in [0.15, 0.2) is 11.9 Å². The van der Waals surface area contributed by atoms with Gasteiger partial charge < -0.3 is 75.8 Å². The lowest BCUT2D eigenvalue weighted by Crippen LogP contribution is -2.31. The third-order valence-corrected chi connectivity index (χ3v) is 11.6. The third kappa shape index (κ3) is 18.9. The number of unbranched alkanes of at least 4 members (excludes halogenated alkanes) is 2.